The van der Waals surface area contributed by atoms with Crippen LogP contribution in [0.5, 0.6) is 5.75 Å². The number of guanidine groups is 1. The summed E-state index contributed by atoms with van der Waals surface area (Å²) in [5, 5.41) is 4.39. The number of methoxy groups -OCH3 is 2. The number of aryl methyl sites for hydroxylation is 1. The Labute approximate surface area is 180 Å². The van der Waals surface area contributed by atoms with E-state index in [0.717, 1.165) is 55.1 Å². The van der Waals surface area contributed by atoms with Gasteiger partial charge in [0.05, 0.1) is 14.2 Å². The molecule has 0 unspecified atom stereocenters. The maximum absolute atomic E-state index is 11.8. The van der Waals surface area contributed by atoms with Crippen LogP contribution in [0.25, 0.3) is 0 Å². The van der Waals surface area contributed by atoms with Crippen LogP contribution in [0.15, 0.2) is 23.2 Å². The SMILES string of the molecule is CCc1nsc(N2CCN(C(=NC)NCc3ccc(C(=O)OC)c(OC)c3)CC2)n1. The minimum absolute atomic E-state index is 0.409. The number of carbonyl (C=O) groups excluding carboxylic acids is 1. The predicted molar refractivity (Wildman–Crippen MR) is 118 cm³/mol. The number of rotatable bonds is 6. The molecule has 0 saturated carbocycles. The van der Waals surface area contributed by atoms with Crippen molar-refractivity contribution in [2.45, 2.75) is 19.9 Å². The maximum Gasteiger partial charge on any atom is 0.341 e. The Kier molecular flexibility index (Phi) is 7.45. The highest BCUT2D eigenvalue weighted by molar-refractivity contribution is 7.09. The average Bonchev–Trinajstić information content (AvgIpc) is 3.28. The van der Waals surface area contributed by atoms with Gasteiger partial charge in [0, 0.05) is 57.7 Å². The molecule has 1 aliphatic rings. The van der Waals surface area contributed by atoms with Crippen molar-refractivity contribution in [1.29, 1.82) is 0 Å². The lowest BCUT2D eigenvalue weighted by Crippen LogP contribution is -2.52. The molecule has 0 aliphatic carbocycles. The van der Waals surface area contributed by atoms with E-state index in [1.54, 1.807) is 20.2 Å². The number of aromatic nitrogens is 2. The normalized spacial score (nSPS) is 14.6. The second-order valence-corrected chi connectivity index (χ2v) is 7.48. The van der Waals surface area contributed by atoms with E-state index in [1.165, 1.54) is 18.6 Å². The monoisotopic (exact) mass is 432 g/mol. The van der Waals surface area contributed by atoms with Gasteiger partial charge in [-0.15, -0.1) is 0 Å². The first-order chi connectivity index (χ1) is 14.6. The summed E-state index contributed by atoms with van der Waals surface area (Å²) in [7, 11) is 4.68. The number of hydrogen-bond acceptors (Lipinski definition) is 8. The Hall–Kier alpha value is -2.88. The molecule has 9 nitrogen and oxygen atoms in total. The van der Waals surface area contributed by atoms with Crippen LogP contribution in [0.1, 0.15) is 28.7 Å². The van der Waals surface area contributed by atoms with Crippen molar-refractivity contribution in [2.75, 3.05) is 52.3 Å². The largest absolute Gasteiger partial charge is 0.496 e. The third kappa shape index (κ3) is 4.99. The van der Waals surface area contributed by atoms with Gasteiger partial charge in [0.2, 0.25) is 5.13 Å². The van der Waals surface area contributed by atoms with Crippen molar-refractivity contribution in [3.63, 3.8) is 0 Å². The number of benzene rings is 1. The zero-order valence-electron chi connectivity index (χ0n) is 17.8. The van der Waals surface area contributed by atoms with E-state index in [2.05, 4.69) is 36.4 Å². The molecule has 30 heavy (non-hydrogen) atoms. The van der Waals surface area contributed by atoms with Gasteiger partial charge in [-0.3, -0.25) is 4.99 Å². The molecule has 1 fully saturated rings. The van der Waals surface area contributed by atoms with Crippen molar-refractivity contribution in [1.82, 2.24) is 19.6 Å². The molecule has 0 bridgehead atoms. The molecule has 1 aromatic carbocycles. The minimum Gasteiger partial charge on any atom is -0.496 e. The Morgan fingerprint density at radius 3 is 2.63 bits per heavy atom. The highest BCUT2D eigenvalue weighted by Crippen LogP contribution is 2.22. The summed E-state index contributed by atoms with van der Waals surface area (Å²) in [5.74, 6) is 1.83. The highest BCUT2D eigenvalue weighted by atomic mass is 32.1. The Bertz CT molecular complexity index is 892. The van der Waals surface area contributed by atoms with E-state index in [1.807, 2.05) is 12.1 Å². The van der Waals surface area contributed by atoms with Gasteiger partial charge in [-0.05, 0) is 17.7 Å². The average molecular weight is 433 g/mol. The lowest BCUT2D eigenvalue weighted by Gasteiger charge is -2.36. The molecule has 2 aromatic rings. The molecular formula is C20H28N6O3S. The summed E-state index contributed by atoms with van der Waals surface area (Å²) in [6, 6.07) is 5.44. The molecule has 0 spiro atoms. The van der Waals surface area contributed by atoms with E-state index in [4.69, 9.17) is 9.47 Å². The predicted octanol–water partition coefficient (Wildman–Crippen LogP) is 1.79. The van der Waals surface area contributed by atoms with Gasteiger partial charge in [-0.25, -0.2) is 9.78 Å². The van der Waals surface area contributed by atoms with E-state index >= 15 is 0 Å². The first-order valence-corrected chi connectivity index (χ1v) is 10.6. The second kappa shape index (κ2) is 10.2. The first-order valence-electron chi connectivity index (χ1n) is 9.88. The molecule has 1 N–H and O–H groups in total. The molecule has 0 amide bonds. The molecular weight excluding hydrogens is 404 g/mol. The number of nitrogens with one attached hydrogen (secondary N) is 1. The van der Waals surface area contributed by atoms with E-state index in [9.17, 15) is 4.79 Å². The molecule has 1 aromatic heterocycles. The van der Waals surface area contributed by atoms with Crippen molar-refractivity contribution < 1.29 is 14.3 Å². The van der Waals surface area contributed by atoms with Crippen molar-refractivity contribution in [2.24, 2.45) is 4.99 Å². The van der Waals surface area contributed by atoms with Crippen LogP contribution < -0.4 is 15.0 Å². The number of aliphatic imine (C=N–C) groups is 1. The van der Waals surface area contributed by atoms with Crippen LogP contribution in [-0.2, 0) is 17.7 Å². The van der Waals surface area contributed by atoms with Gasteiger partial charge in [-0.1, -0.05) is 13.0 Å². The van der Waals surface area contributed by atoms with Crippen molar-refractivity contribution >= 4 is 28.6 Å². The van der Waals surface area contributed by atoms with Gasteiger partial charge < -0.3 is 24.6 Å². The standard InChI is InChI=1S/C20H28N6O3S/c1-5-17-23-20(30-24-17)26-10-8-25(9-11-26)19(21-2)22-13-14-6-7-15(18(27)29-4)16(12-14)28-3/h6-7,12H,5,8-11,13H2,1-4H3,(H,21,22). The third-order valence-electron chi connectivity index (χ3n) is 4.96. The lowest BCUT2D eigenvalue weighted by molar-refractivity contribution is 0.0597. The van der Waals surface area contributed by atoms with Crippen molar-refractivity contribution in [3.8, 4) is 5.75 Å². The van der Waals surface area contributed by atoms with E-state index in [-0.39, 0.29) is 0 Å². The molecule has 1 aliphatic heterocycles. The summed E-state index contributed by atoms with van der Waals surface area (Å²) in [6.07, 6.45) is 0.860. The smallest absolute Gasteiger partial charge is 0.341 e. The topological polar surface area (TPSA) is 92.2 Å². The van der Waals surface area contributed by atoms with Gasteiger partial charge in [-0.2, -0.15) is 4.37 Å². The number of piperazine rings is 1. The van der Waals surface area contributed by atoms with Gasteiger partial charge in [0.1, 0.15) is 17.1 Å². The van der Waals surface area contributed by atoms with Crippen LogP contribution in [-0.4, -0.2) is 73.6 Å². The molecule has 1 saturated heterocycles. The van der Waals surface area contributed by atoms with Gasteiger partial charge in [0.15, 0.2) is 5.96 Å². The molecule has 0 radical (unpaired) electrons. The summed E-state index contributed by atoms with van der Waals surface area (Å²) < 4.78 is 14.5. The number of carbonyl (C=O) groups is 1. The third-order valence-corrected chi connectivity index (χ3v) is 5.77. The Balaban J connectivity index is 1.57. The summed E-state index contributed by atoms with van der Waals surface area (Å²) >= 11 is 1.47. The van der Waals surface area contributed by atoms with Crippen LogP contribution in [0, 0.1) is 0 Å². The van der Waals surface area contributed by atoms with Gasteiger partial charge >= 0.3 is 5.97 Å². The molecule has 0 atom stereocenters. The minimum atomic E-state index is -0.415. The van der Waals surface area contributed by atoms with Crippen LogP contribution in [0.2, 0.25) is 0 Å². The summed E-state index contributed by atoms with van der Waals surface area (Å²) in [4.78, 5) is 25.3. The highest BCUT2D eigenvalue weighted by Gasteiger charge is 2.22. The maximum atomic E-state index is 11.8. The lowest BCUT2D eigenvalue weighted by atomic mass is 10.1. The number of nitrogens with zero attached hydrogens (tertiary/aromatic N) is 5. The summed E-state index contributed by atoms with van der Waals surface area (Å²) in [5.41, 5.74) is 1.40. The molecule has 2 heterocycles. The van der Waals surface area contributed by atoms with Crippen LogP contribution in [0.3, 0.4) is 0 Å². The zero-order chi connectivity index (χ0) is 21.5. The van der Waals surface area contributed by atoms with Crippen molar-refractivity contribution in [3.05, 3.63) is 35.2 Å². The molecule has 3 rings (SSSR count). The number of esters is 1. The van der Waals surface area contributed by atoms with Crippen LogP contribution in [0.4, 0.5) is 5.13 Å². The fraction of sp³-hybridized carbons (Fsp3) is 0.500. The van der Waals surface area contributed by atoms with E-state index in [0.29, 0.717) is 17.9 Å². The zero-order valence-corrected chi connectivity index (χ0v) is 18.7. The summed E-state index contributed by atoms with van der Waals surface area (Å²) in [6.45, 7) is 6.09. The fourth-order valence-electron chi connectivity index (χ4n) is 3.26. The molecule has 162 valence electrons. The number of anilines is 1. The first kappa shape index (κ1) is 21.8. The Morgan fingerprint density at radius 2 is 2.03 bits per heavy atom. The second-order valence-electron chi connectivity index (χ2n) is 6.75. The van der Waals surface area contributed by atoms with Crippen LogP contribution >= 0.6 is 11.5 Å². The number of ether oxygens (including phenoxy) is 2. The quantitative estimate of drug-likeness (QED) is 0.420. The molecule has 10 heteroatoms. The van der Waals surface area contributed by atoms with E-state index < -0.39 is 5.97 Å². The fourth-order valence-corrected chi connectivity index (χ4v) is 4.07. The number of hydrogen-bond donors (Lipinski definition) is 1. The van der Waals surface area contributed by atoms with Gasteiger partial charge in [0.25, 0.3) is 0 Å². The Morgan fingerprint density at radius 1 is 1.27 bits per heavy atom.